The summed E-state index contributed by atoms with van der Waals surface area (Å²) in [7, 11) is 0. The van der Waals surface area contributed by atoms with E-state index >= 15 is 0 Å². The molecule has 3 rings (SSSR count). The van der Waals surface area contributed by atoms with Crippen LogP contribution in [0.25, 0.3) is 10.2 Å². The first kappa shape index (κ1) is 17.5. The molecule has 0 aliphatic heterocycles. The fourth-order valence-electron chi connectivity index (χ4n) is 2.47. The molecule has 2 aromatic carbocycles. The van der Waals surface area contributed by atoms with Gasteiger partial charge in [0.15, 0.2) is 4.80 Å². The van der Waals surface area contributed by atoms with Gasteiger partial charge in [-0.15, -0.1) is 6.42 Å². The Morgan fingerprint density at radius 2 is 2.12 bits per heavy atom. The standard InChI is InChI=1S/C19H15BrN2O2S/c1-3-12-22-17-15(24-4-2)10-7-11-16(17)25-19(22)21-18(23)13-8-5-6-9-14(13)20/h1,5-11H,4,12H2,2H3. The predicted octanol–water partition coefficient (Wildman–Crippen LogP) is 4.24. The largest absolute Gasteiger partial charge is 0.492 e. The molecule has 0 fully saturated rings. The average molecular weight is 415 g/mol. The summed E-state index contributed by atoms with van der Waals surface area (Å²) in [5.74, 6) is 3.05. The minimum Gasteiger partial charge on any atom is -0.492 e. The Morgan fingerprint density at radius 1 is 1.32 bits per heavy atom. The Labute approximate surface area is 157 Å². The summed E-state index contributed by atoms with van der Waals surface area (Å²) >= 11 is 4.81. The average Bonchev–Trinajstić information content (AvgIpc) is 2.94. The minimum atomic E-state index is -0.317. The molecule has 1 aromatic heterocycles. The van der Waals surface area contributed by atoms with E-state index in [4.69, 9.17) is 11.2 Å². The van der Waals surface area contributed by atoms with E-state index in [1.54, 1.807) is 12.1 Å². The lowest BCUT2D eigenvalue weighted by atomic mass is 10.2. The SMILES string of the molecule is C#CCn1c(=NC(=O)c2ccccc2Br)sc2cccc(OCC)c21. The lowest BCUT2D eigenvalue weighted by molar-refractivity contribution is 0.0997. The number of halogens is 1. The number of rotatable bonds is 4. The van der Waals surface area contributed by atoms with Crippen LogP contribution in [0.4, 0.5) is 0 Å². The van der Waals surface area contributed by atoms with Crippen LogP contribution >= 0.6 is 27.3 Å². The van der Waals surface area contributed by atoms with Crippen LogP contribution in [0.15, 0.2) is 51.9 Å². The van der Waals surface area contributed by atoms with E-state index < -0.39 is 0 Å². The molecular weight excluding hydrogens is 400 g/mol. The van der Waals surface area contributed by atoms with Crippen molar-refractivity contribution in [2.75, 3.05) is 6.61 Å². The van der Waals surface area contributed by atoms with Crippen LogP contribution in [0.1, 0.15) is 17.3 Å². The second-order valence-electron chi connectivity index (χ2n) is 5.11. The fraction of sp³-hybridized carbons (Fsp3) is 0.158. The molecule has 1 amide bonds. The molecular formula is C19H15BrN2O2S. The summed E-state index contributed by atoms with van der Waals surface area (Å²) in [5.41, 5.74) is 1.38. The lowest BCUT2D eigenvalue weighted by Crippen LogP contribution is -2.17. The number of terminal acetylenes is 1. The second kappa shape index (κ2) is 7.68. The summed E-state index contributed by atoms with van der Waals surface area (Å²) in [4.78, 5) is 17.5. The van der Waals surface area contributed by atoms with Crippen molar-refractivity contribution in [3.05, 3.63) is 57.3 Å². The molecule has 0 atom stereocenters. The normalized spacial score (nSPS) is 11.5. The van der Waals surface area contributed by atoms with E-state index in [0.717, 1.165) is 16.0 Å². The van der Waals surface area contributed by atoms with E-state index in [-0.39, 0.29) is 5.91 Å². The van der Waals surface area contributed by atoms with Crippen molar-refractivity contribution in [1.82, 2.24) is 4.57 Å². The van der Waals surface area contributed by atoms with Crippen molar-refractivity contribution < 1.29 is 9.53 Å². The molecule has 3 aromatic rings. The smallest absolute Gasteiger partial charge is 0.280 e. The maximum absolute atomic E-state index is 12.6. The third-order valence-corrected chi connectivity index (χ3v) is 5.25. The van der Waals surface area contributed by atoms with Crippen LogP contribution in [0.2, 0.25) is 0 Å². The van der Waals surface area contributed by atoms with Crippen molar-refractivity contribution in [2.24, 2.45) is 4.99 Å². The molecule has 4 nitrogen and oxygen atoms in total. The molecule has 6 heteroatoms. The summed E-state index contributed by atoms with van der Waals surface area (Å²) in [6.07, 6.45) is 5.53. The molecule has 0 saturated heterocycles. The number of thiazole rings is 1. The van der Waals surface area contributed by atoms with Gasteiger partial charge in [0.25, 0.3) is 5.91 Å². The molecule has 0 saturated carbocycles. The number of para-hydroxylation sites is 1. The molecule has 25 heavy (non-hydrogen) atoms. The maximum Gasteiger partial charge on any atom is 0.280 e. The molecule has 0 aliphatic carbocycles. The van der Waals surface area contributed by atoms with Gasteiger partial charge in [0.2, 0.25) is 0 Å². The second-order valence-corrected chi connectivity index (χ2v) is 6.97. The summed E-state index contributed by atoms with van der Waals surface area (Å²) in [6.45, 7) is 2.79. The highest BCUT2D eigenvalue weighted by molar-refractivity contribution is 9.10. The van der Waals surface area contributed by atoms with Gasteiger partial charge in [-0.1, -0.05) is 35.5 Å². The number of carbonyl (C=O) groups excluding carboxylic acids is 1. The minimum absolute atomic E-state index is 0.312. The third-order valence-electron chi connectivity index (χ3n) is 3.51. The van der Waals surface area contributed by atoms with Crippen molar-refractivity contribution in [3.8, 4) is 18.1 Å². The zero-order valence-electron chi connectivity index (χ0n) is 13.5. The molecule has 0 unspecified atom stereocenters. The number of fused-ring (bicyclic) bond motifs is 1. The van der Waals surface area contributed by atoms with Crippen LogP contribution < -0.4 is 9.54 Å². The highest BCUT2D eigenvalue weighted by atomic mass is 79.9. The number of hydrogen-bond acceptors (Lipinski definition) is 3. The quantitative estimate of drug-likeness (QED) is 0.599. The van der Waals surface area contributed by atoms with Gasteiger partial charge in [-0.25, -0.2) is 0 Å². The van der Waals surface area contributed by atoms with E-state index in [1.165, 1.54) is 11.3 Å². The third kappa shape index (κ3) is 3.53. The first-order valence-electron chi connectivity index (χ1n) is 7.68. The van der Waals surface area contributed by atoms with E-state index in [0.29, 0.717) is 28.0 Å². The van der Waals surface area contributed by atoms with Crippen LogP contribution in [0.5, 0.6) is 5.75 Å². The Hall–Kier alpha value is -2.36. The monoisotopic (exact) mass is 414 g/mol. The van der Waals surface area contributed by atoms with Gasteiger partial charge in [0.1, 0.15) is 11.3 Å². The first-order valence-corrected chi connectivity index (χ1v) is 9.29. The molecule has 0 radical (unpaired) electrons. The fourth-order valence-corrected chi connectivity index (χ4v) is 3.97. The molecule has 1 heterocycles. The van der Waals surface area contributed by atoms with E-state index in [1.807, 2.05) is 41.8 Å². The number of carbonyl (C=O) groups is 1. The number of hydrogen-bond donors (Lipinski definition) is 0. The number of ether oxygens (including phenoxy) is 1. The Bertz CT molecular complexity index is 1040. The van der Waals surface area contributed by atoms with Crippen LogP contribution in [0, 0.1) is 12.3 Å². The first-order chi connectivity index (χ1) is 12.2. The number of nitrogens with zero attached hydrogens (tertiary/aromatic N) is 2. The zero-order valence-corrected chi connectivity index (χ0v) is 15.9. The Morgan fingerprint density at radius 3 is 2.84 bits per heavy atom. The summed E-state index contributed by atoms with van der Waals surface area (Å²) < 4.78 is 9.24. The molecule has 0 spiro atoms. The van der Waals surface area contributed by atoms with Gasteiger partial charge < -0.3 is 9.30 Å². The van der Waals surface area contributed by atoms with Gasteiger partial charge in [-0.3, -0.25) is 4.79 Å². The number of amides is 1. The molecule has 0 aliphatic rings. The summed E-state index contributed by atoms with van der Waals surface area (Å²) in [6, 6.07) is 13.0. The number of benzene rings is 2. The van der Waals surface area contributed by atoms with Crippen molar-refractivity contribution in [1.29, 1.82) is 0 Å². The Balaban J connectivity index is 2.21. The van der Waals surface area contributed by atoms with E-state index in [2.05, 4.69) is 26.8 Å². The zero-order chi connectivity index (χ0) is 17.8. The topological polar surface area (TPSA) is 43.6 Å². The van der Waals surface area contributed by atoms with Gasteiger partial charge in [-0.2, -0.15) is 4.99 Å². The van der Waals surface area contributed by atoms with Crippen LogP contribution in [-0.2, 0) is 6.54 Å². The van der Waals surface area contributed by atoms with Crippen molar-refractivity contribution in [2.45, 2.75) is 13.5 Å². The maximum atomic E-state index is 12.6. The number of aromatic nitrogens is 1. The molecule has 0 bridgehead atoms. The predicted molar refractivity (Wildman–Crippen MR) is 104 cm³/mol. The Kier molecular flexibility index (Phi) is 5.37. The van der Waals surface area contributed by atoms with Crippen molar-refractivity contribution >= 4 is 43.4 Å². The molecule has 0 N–H and O–H groups in total. The molecule has 126 valence electrons. The highest BCUT2D eigenvalue weighted by Gasteiger charge is 2.13. The highest BCUT2D eigenvalue weighted by Crippen LogP contribution is 2.27. The van der Waals surface area contributed by atoms with Gasteiger partial charge in [-0.05, 0) is 47.1 Å². The lowest BCUT2D eigenvalue weighted by Gasteiger charge is -2.07. The van der Waals surface area contributed by atoms with Gasteiger partial charge in [0, 0.05) is 4.47 Å². The van der Waals surface area contributed by atoms with Gasteiger partial charge >= 0.3 is 0 Å². The van der Waals surface area contributed by atoms with Crippen molar-refractivity contribution in [3.63, 3.8) is 0 Å². The summed E-state index contributed by atoms with van der Waals surface area (Å²) in [5, 5.41) is 0. The van der Waals surface area contributed by atoms with Gasteiger partial charge in [0.05, 0.1) is 23.4 Å². The van der Waals surface area contributed by atoms with Crippen LogP contribution in [-0.4, -0.2) is 17.1 Å². The van der Waals surface area contributed by atoms with E-state index in [9.17, 15) is 4.79 Å². The van der Waals surface area contributed by atoms with Crippen LogP contribution in [0.3, 0.4) is 0 Å².